The quantitative estimate of drug-likeness (QED) is 0.881. The summed E-state index contributed by atoms with van der Waals surface area (Å²) < 4.78 is 26.5. The molecule has 4 nitrogen and oxygen atoms in total. The highest BCUT2D eigenvalue weighted by atomic mass is 19.1. The van der Waals surface area contributed by atoms with Crippen molar-refractivity contribution in [2.75, 3.05) is 13.1 Å². The van der Waals surface area contributed by atoms with Crippen LogP contribution in [0.1, 0.15) is 31.9 Å². The molecule has 21 heavy (non-hydrogen) atoms. The number of carbonyl (C=O) groups excluding carboxylic acids is 1. The number of nitrogens with zero attached hydrogens (tertiary/aromatic N) is 1. The number of aliphatic hydroxyl groups excluding tert-OH is 1. The molecular weight excluding hydrogens is 278 g/mol. The monoisotopic (exact) mass is 298 g/mol. The minimum atomic E-state index is -0.685. The number of rotatable bonds is 2. The SMILES string of the molecule is CC(NC(=O)N1CCC(C)C(O)C1)c1ccc(F)cc1F. The van der Waals surface area contributed by atoms with Gasteiger partial charge in [0.25, 0.3) is 0 Å². The van der Waals surface area contributed by atoms with Crippen molar-refractivity contribution >= 4 is 6.03 Å². The summed E-state index contributed by atoms with van der Waals surface area (Å²) >= 11 is 0. The van der Waals surface area contributed by atoms with E-state index in [4.69, 9.17) is 0 Å². The number of hydrogen-bond donors (Lipinski definition) is 2. The van der Waals surface area contributed by atoms with E-state index in [0.717, 1.165) is 18.6 Å². The van der Waals surface area contributed by atoms with Crippen molar-refractivity contribution < 1.29 is 18.7 Å². The Labute approximate surface area is 122 Å². The van der Waals surface area contributed by atoms with Gasteiger partial charge in [0.1, 0.15) is 11.6 Å². The summed E-state index contributed by atoms with van der Waals surface area (Å²) in [5.74, 6) is -1.17. The maximum absolute atomic E-state index is 13.7. The van der Waals surface area contributed by atoms with Gasteiger partial charge in [0.15, 0.2) is 0 Å². The lowest BCUT2D eigenvalue weighted by Gasteiger charge is -2.35. The van der Waals surface area contributed by atoms with E-state index in [1.54, 1.807) is 6.92 Å². The molecule has 0 aliphatic carbocycles. The van der Waals surface area contributed by atoms with Gasteiger partial charge in [-0.05, 0) is 25.3 Å². The van der Waals surface area contributed by atoms with Gasteiger partial charge in [0.05, 0.1) is 12.1 Å². The molecule has 0 radical (unpaired) electrons. The molecule has 1 aromatic rings. The second-order valence-electron chi connectivity index (χ2n) is 5.62. The van der Waals surface area contributed by atoms with E-state index < -0.39 is 23.8 Å². The van der Waals surface area contributed by atoms with Gasteiger partial charge in [-0.2, -0.15) is 0 Å². The van der Waals surface area contributed by atoms with Gasteiger partial charge in [0.2, 0.25) is 0 Å². The number of β-amino-alcohol motifs (C(OH)–C–C–N with tert-alkyl or cyclic N) is 1. The summed E-state index contributed by atoms with van der Waals surface area (Å²) in [5.41, 5.74) is 0.232. The molecule has 1 aliphatic heterocycles. The van der Waals surface area contributed by atoms with Crippen molar-refractivity contribution in [2.45, 2.75) is 32.4 Å². The van der Waals surface area contributed by atoms with Crippen LogP contribution in [0.4, 0.5) is 13.6 Å². The Bertz CT molecular complexity index is 524. The Morgan fingerprint density at radius 2 is 2.19 bits per heavy atom. The van der Waals surface area contributed by atoms with Crippen LogP contribution in [0.3, 0.4) is 0 Å². The van der Waals surface area contributed by atoms with Crippen LogP contribution in [-0.4, -0.2) is 35.2 Å². The molecule has 0 bridgehead atoms. The molecule has 1 aromatic carbocycles. The van der Waals surface area contributed by atoms with Gasteiger partial charge < -0.3 is 15.3 Å². The van der Waals surface area contributed by atoms with Gasteiger partial charge in [-0.3, -0.25) is 0 Å². The van der Waals surface area contributed by atoms with E-state index in [1.807, 2.05) is 6.92 Å². The van der Waals surface area contributed by atoms with Crippen LogP contribution in [0.2, 0.25) is 0 Å². The molecule has 6 heteroatoms. The van der Waals surface area contributed by atoms with Crippen LogP contribution in [0.5, 0.6) is 0 Å². The Hall–Kier alpha value is -1.69. The molecule has 1 fully saturated rings. The van der Waals surface area contributed by atoms with Crippen LogP contribution in [0, 0.1) is 17.6 Å². The fourth-order valence-corrected chi connectivity index (χ4v) is 2.44. The fraction of sp³-hybridized carbons (Fsp3) is 0.533. The zero-order chi connectivity index (χ0) is 15.6. The number of urea groups is 1. The third kappa shape index (κ3) is 3.69. The van der Waals surface area contributed by atoms with E-state index in [2.05, 4.69) is 5.32 Å². The molecular formula is C15H20F2N2O2. The van der Waals surface area contributed by atoms with Gasteiger partial charge in [-0.1, -0.05) is 13.0 Å². The average Bonchev–Trinajstić information content (AvgIpc) is 2.41. The summed E-state index contributed by atoms with van der Waals surface area (Å²) in [6.07, 6.45) is 0.191. The third-order valence-electron chi connectivity index (χ3n) is 3.97. The van der Waals surface area contributed by atoms with E-state index in [9.17, 15) is 18.7 Å². The first-order valence-corrected chi connectivity index (χ1v) is 7.07. The minimum Gasteiger partial charge on any atom is -0.391 e. The summed E-state index contributed by atoms with van der Waals surface area (Å²) in [7, 11) is 0. The predicted molar refractivity (Wildman–Crippen MR) is 74.7 cm³/mol. The molecule has 2 rings (SSSR count). The van der Waals surface area contributed by atoms with E-state index in [0.29, 0.717) is 6.54 Å². The number of carbonyl (C=O) groups is 1. The standard InChI is InChI=1S/C15H20F2N2O2/c1-9-5-6-19(8-14(9)20)15(21)18-10(2)12-4-3-11(16)7-13(12)17/h3-4,7,9-10,14,20H,5-6,8H2,1-2H3,(H,18,21). The molecule has 2 N–H and O–H groups in total. The van der Waals surface area contributed by atoms with Gasteiger partial charge >= 0.3 is 6.03 Å². The third-order valence-corrected chi connectivity index (χ3v) is 3.97. The first-order chi connectivity index (χ1) is 9.88. The van der Waals surface area contributed by atoms with Crippen LogP contribution in [0.15, 0.2) is 18.2 Å². The Kier molecular flexibility index (Phi) is 4.77. The molecule has 1 aliphatic rings. The normalized spacial score (nSPS) is 23.8. The summed E-state index contributed by atoms with van der Waals surface area (Å²) in [6.45, 7) is 4.40. The molecule has 3 unspecified atom stereocenters. The van der Waals surface area contributed by atoms with Crippen molar-refractivity contribution in [1.29, 1.82) is 0 Å². The Balaban J connectivity index is 1.99. The number of hydrogen-bond acceptors (Lipinski definition) is 2. The summed E-state index contributed by atoms with van der Waals surface area (Å²) in [5, 5.41) is 12.5. The number of amides is 2. The smallest absolute Gasteiger partial charge is 0.317 e. The maximum Gasteiger partial charge on any atom is 0.317 e. The first kappa shape index (κ1) is 15.7. The number of piperidine rings is 1. The number of aliphatic hydroxyl groups is 1. The second kappa shape index (κ2) is 6.39. The van der Waals surface area contributed by atoms with Gasteiger partial charge in [0, 0.05) is 24.7 Å². The molecule has 1 heterocycles. The van der Waals surface area contributed by atoms with Gasteiger partial charge in [-0.15, -0.1) is 0 Å². The van der Waals surface area contributed by atoms with Crippen molar-refractivity contribution in [3.63, 3.8) is 0 Å². The number of nitrogens with one attached hydrogen (secondary N) is 1. The summed E-state index contributed by atoms with van der Waals surface area (Å²) in [6, 6.07) is 2.35. The average molecular weight is 298 g/mol. The predicted octanol–water partition coefficient (Wildman–Crippen LogP) is 2.44. The zero-order valence-corrected chi connectivity index (χ0v) is 12.1. The number of benzene rings is 1. The Morgan fingerprint density at radius 1 is 1.48 bits per heavy atom. The van der Waals surface area contributed by atoms with E-state index >= 15 is 0 Å². The largest absolute Gasteiger partial charge is 0.391 e. The van der Waals surface area contributed by atoms with Crippen LogP contribution in [-0.2, 0) is 0 Å². The molecule has 0 saturated carbocycles. The highest BCUT2D eigenvalue weighted by Crippen LogP contribution is 2.20. The molecule has 2 amide bonds. The topological polar surface area (TPSA) is 52.6 Å². The number of likely N-dealkylation sites (tertiary alicyclic amines) is 1. The lowest BCUT2D eigenvalue weighted by atomic mass is 9.96. The van der Waals surface area contributed by atoms with Crippen molar-refractivity contribution in [3.8, 4) is 0 Å². The van der Waals surface area contributed by atoms with Crippen molar-refractivity contribution in [2.24, 2.45) is 5.92 Å². The molecule has 3 atom stereocenters. The minimum absolute atomic E-state index is 0.168. The first-order valence-electron chi connectivity index (χ1n) is 7.07. The Morgan fingerprint density at radius 3 is 2.81 bits per heavy atom. The highest BCUT2D eigenvalue weighted by molar-refractivity contribution is 5.74. The molecule has 116 valence electrons. The van der Waals surface area contributed by atoms with Crippen molar-refractivity contribution in [1.82, 2.24) is 10.2 Å². The zero-order valence-electron chi connectivity index (χ0n) is 12.1. The fourth-order valence-electron chi connectivity index (χ4n) is 2.44. The van der Waals surface area contributed by atoms with Crippen LogP contribution >= 0.6 is 0 Å². The van der Waals surface area contributed by atoms with E-state index in [1.165, 1.54) is 11.0 Å². The second-order valence-corrected chi connectivity index (χ2v) is 5.62. The lowest BCUT2D eigenvalue weighted by molar-refractivity contribution is 0.0430. The molecule has 0 aromatic heterocycles. The maximum atomic E-state index is 13.7. The molecule has 1 saturated heterocycles. The lowest BCUT2D eigenvalue weighted by Crippen LogP contribution is -2.50. The van der Waals surface area contributed by atoms with Crippen LogP contribution < -0.4 is 5.32 Å². The summed E-state index contributed by atoms with van der Waals surface area (Å²) in [4.78, 5) is 13.6. The van der Waals surface area contributed by atoms with Crippen LogP contribution in [0.25, 0.3) is 0 Å². The highest BCUT2D eigenvalue weighted by Gasteiger charge is 2.28. The van der Waals surface area contributed by atoms with Crippen molar-refractivity contribution in [3.05, 3.63) is 35.4 Å². The number of halogens is 2. The van der Waals surface area contributed by atoms with Gasteiger partial charge in [-0.25, -0.2) is 13.6 Å². The van der Waals surface area contributed by atoms with E-state index in [-0.39, 0.29) is 24.1 Å². The molecule has 0 spiro atoms.